The van der Waals surface area contributed by atoms with Crippen LogP contribution in [0.5, 0.6) is 0 Å². The average molecular weight is 386 g/mol. The highest BCUT2D eigenvalue weighted by molar-refractivity contribution is 6.03. The third-order valence-corrected chi connectivity index (χ3v) is 4.89. The standard InChI is InChI=1S/C19H22N4O5/c1-11(2)15-10-28-19(27)22(15)16(24)12(3)13(4)23-18(26)21(17(25)20-23)14-8-6-5-7-9-14/h5-9,11,13,15H,3,10H2,1-2,4H3,(H,20,25)/t13?,15-/m1/s1. The number of imide groups is 1. The van der Waals surface area contributed by atoms with Gasteiger partial charge in [-0.2, -0.15) is 0 Å². The van der Waals surface area contributed by atoms with Crippen molar-refractivity contribution in [3.8, 4) is 5.69 Å². The summed E-state index contributed by atoms with van der Waals surface area (Å²) >= 11 is 0. The SMILES string of the molecule is C=C(C(=O)N1C(=O)OC[C@@H]1C(C)C)C(C)n1[nH]c(=O)n(-c2ccccc2)c1=O. The molecule has 2 heterocycles. The van der Waals surface area contributed by atoms with Gasteiger partial charge in [-0.15, -0.1) is 0 Å². The Kier molecular flexibility index (Phi) is 5.08. The fraction of sp³-hybridized carbons (Fsp3) is 0.368. The molecule has 0 saturated carbocycles. The van der Waals surface area contributed by atoms with Crippen LogP contribution in [0.3, 0.4) is 0 Å². The molecule has 0 aliphatic carbocycles. The molecule has 9 heteroatoms. The van der Waals surface area contributed by atoms with E-state index in [1.165, 1.54) is 0 Å². The highest BCUT2D eigenvalue weighted by Crippen LogP contribution is 2.24. The molecule has 1 fully saturated rings. The number of hydrogen-bond donors (Lipinski definition) is 1. The van der Waals surface area contributed by atoms with Crippen molar-refractivity contribution in [2.24, 2.45) is 5.92 Å². The molecule has 1 N–H and O–H groups in total. The molecule has 0 radical (unpaired) electrons. The zero-order valence-corrected chi connectivity index (χ0v) is 15.9. The van der Waals surface area contributed by atoms with Gasteiger partial charge in [-0.25, -0.2) is 33.6 Å². The highest BCUT2D eigenvalue weighted by Gasteiger charge is 2.41. The molecule has 3 rings (SSSR count). The van der Waals surface area contributed by atoms with Crippen molar-refractivity contribution < 1.29 is 14.3 Å². The molecule has 2 aromatic rings. The molecule has 1 aliphatic rings. The topological polar surface area (TPSA) is 106 Å². The van der Waals surface area contributed by atoms with Crippen LogP contribution < -0.4 is 11.4 Å². The summed E-state index contributed by atoms with van der Waals surface area (Å²) in [5, 5.41) is 2.45. The van der Waals surface area contributed by atoms with Crippen LogP contribution in [0, 0.1) is 5.92 Å². The third kappa shape index (κ3) is 3.19. The zero-order chi connectivity index (χ0) is 20.6. The number of H-pyrrole nitrogens is 1. The summed E-state index contributed by atoms with van der Waals surface area (Å²) < 4.78 is 6.99. The van der Waals surface area contributed by atoms with Crippen molar-refractivity contribution in [3.63, 3.8) is 0 Å². The Bertz CT molecular complexity index is 1030. The first-order valence-corrected chi connectivity index (χ1v) is 8.92. The number of rotatable bonds is 5. The lowest BCUT2D eigenvalue weighted by atomic mass is 10.0. The van der Waals surface area contributed by atoms with E-state index in [1.54, 1.807) is 37.3 Å². The first-order valence-electron chi connectivity index (χ1n) is 8.92. The molecule has 1 aromatic heterocycles. The van der Waals surface area contributed by atoms with E-state index in [-0.39, 0.29) is 18.1 Å². The number of amides is 2. The van der Waals surface area contributed by atoms with E-state index in [1.807, 2.05) is 13.8 Å². The normalized spacial score (nSPS) is 17.6. The number of aromatic amines is 1. The summed E-state index contributed by atoms with van der Waals surface area (Å²) in [6.45, 7) is 9.19. The van der Waals surface area contributed by atoms with Crippen molar-refractivity contribution in [2.75, 3.05) is 6.61 Å². The molecule has 9 nitrogen and oxygen atoms in total. The van der Waals surface area contributed by atoms with Crippen LogP contribution in [-0.2, 0) is 9.53 Å². The Morgan fingerprint density at radius 1 is 1.18 bits per heavy atom. The van der Waals surface area contributed by atoms with E-state index in [2.05, 4.69) is 11.7 Å². The Morgan fingerprint density at radius 2 is 1.82 bits per heavy atom. The predicted octanol–water partition coefficient (Wildman–Crippen LogP) is 1.45. The molecule has 0 bridgehead atoms. The monoisotopic (exact) mass is 386 g/mol. The van der Waals surface area contributed by atoms with E-state index < -0.39 is 35.5 Å². The highest BCUT2D eigenvalue weighted by atomic mass is 16.6. The second kappa shape index (κ2) is 7.34. The minimum Gasteiger partial charge on any atom is -0.447 e. The fourth-order valence-electron chi connectivity index (χ4n) is 3.11. The summed E-state index contributed by atoms with van der Waals surface area (Å²) in [6.07, 6.45) is -0.736. The molecule has 2 amide bonds. The molecule has 1 saturated heterocycles. The Labute approximate surface area is 160 Å². The van der Waals surface area contributed by atoms with Gasteiger partial charge in [0.1, 0.15) is 6.61 Å². The van der Waals surface area contributed by atoms with Crippen molar-refractivity contribution in [3.05, 3.63) is 63.5 Å². The summed E-state index contributed by atoms with van der Waals surface area (Å²) in [5.41, 5.74) is -0.876. The number of nitrogens with one attached hydrogen (secondary N) is 1. The first kappa shape index (κ1) is 19.4. The van der Waals surface area contributed by atoms with E-state index in [0.29, 0.717) is 5.69 Å². The second-order valence-electron chi connectivity index (χ2n) is 7.01. The van der Waals surface area contributed by atoms with Crippen LogP contribution in [-0.4, -0.2) is 43.9 Å². The number of benzene rings is 1. The van der Waals surface area contributed by atoms with E-state index in [0.717, 1.165) is 14.1 Å². The molecular weight excluding hydrogens is 364 g/mol. The van der Waals surface area contributed by atoms with E-state index in [9.17, 15) is 19.2 Å². The third-order valence-electron chi connectivity index (χ3n) is 4.89. The Hall–Kier alpha value is -3.36. The molecule has 28 heavy (non-hydrogen) atoms. The summed E-state index contributed by atoms with van der Waals surface area (Å²) in [4.78, 5) is 51.0. The molecule has 1 aliphatic heterocycles. The van der Waals surface area contributed by atoms with Crippen molar-refractivity contribution >= 4 is 12.0 Å². The van der Waals surface area contributed by atoms with Gasteiger partial charge >= 0.3 is 17.5 Å². The lowest BCUT2D eigenvalue weighted by Crippen LogP contribution is -2.44. The smallest absolute Gasteiger partial charge is 0.417 e. The second-order valence-corrected chi connectivity index (χ2v) is 7.01. The van der Waals surface area contributed by atoms with Crippen LogP contribution in [0.15, 0.2) is 52.1 Å². The van der Waals surface area contributed by atoms with Gasteiger partial charge in [0, 0.05) is 5.57 Å². The minimum atomic E-state index is -0.862. The Balaban J connectivity index is 1.92. The molecule has 2 atom stereocenters. The zero-order valence-electron chi connectivity index (χ0n) is 15.9. The minimum absolute atomic E-state index is 0.000185. The van der Waals surface area contributed by atoms with Gasteiger partial charge < -0.3 is 4.74 Å². The van der Waals surface area contributed by atoms with Crippen molar-refractivity contribution in [1.29, 1.82) is 0 Å². The van der Waals surface area contributed by atoms with Gasteiger partial charge in [-0.3, -0.25) is 4.79 Å². The number of aromatic nitrogens is 3. The maximum absolute atomic E-state index is 12.9. The van der Waals surface area contributed by atoms with Gasteiger partial charge in [0.25, 0.3) is 5.91 Å². The average Bonchev–Trinajstić information content (AvgIpc) is 3.20. The lowest BCUT2D eigenvalue weighted by molar-refractivity contribution is -0.126. The van der Waals surface area contributed by atoms with Gasteiger partial charge in [-0.1, -0.05) is 38.6 Å². The number of cyclic esters (lactones) is 1. The molecule has 0 spiro atoms. The van der Waals surface area contributed by atoms with E-state index >= 15 is 0 Å². The number of ether oxygens (including phenoxy) is 1. The number of hydrogen-bond acceptors (Lipinski definition) is 5. The quantitative estimate of drug-likeness (QED) is 0.783. The fourth-order valence-corrected chi connectivity index (χ4v) is 3.11. The first-order chi connectivity index (χ1) is 13.2. The van der Waals surface area contributed by atoms with Gasteiger partial charge in [-0.05, 0) is 25.0 Å². The molecule has 1 unspecified atom stereocenters. The number of carbonyl (C=O) groups is 2. The van der Waals surface area contributed by atoms with Crippen molar-refractivity contribution in [1.82, 2.24) is 19.2 Å². The predicted molar refractivity (Wildman–Crippen MR) is 101 cm³/mol. The number of nitrogens with zero attached hydrogens (tertiary/aromatic N) is 3. The lowest BCUT2D eigenvalue weighted by Gasteiger charge is -2.25. The summed E-state index contributed by atoms with van der Waals surface area (Å²) in [7, 11) is 0. The maximum atomic E-state index is 12.9. The summed E-state index contributed by atoms with van der Waals surface area (Å²) in [5.74, 6) is -0.630. The van der Waals surface area contributed by atoms with Crippen LogP contribution in [0.4, 0.5) is 4.79 Å². The summed E-state index contributed by atoms with van der Waals surface area (Å²) in [6, 6.07) is 7.15. The van der Waals surface area contributed by atoms with Crippen LogP contribution in [0.25, 0.3) is 5.69 Å². The van der Waals surface area contributed by atoms with Crippen LogP contribution in [0.1, 0.15) is 26.8 Å². The van der Waals surface area contributed by atoms with E-state index in [4.69, 9.17) is 4.74 Å². The number of para-hydroxylation sites is 1. The molecular formula is C19H22N4O5. The largest absolute Gasteiger partial charge is 0.447 e. The molecule has 148 valence electrons. The molecule has 1 aromatic carbocycles. The van der Waals surface area contributed by atoms with Gasteiger partial charge in [0.05, 0.1) is 17.8 Å². The Morgan fingerprint density at radius 3 is 2.43 bits per heavy atom. The van der Waals surface area contributed by atoms with Crippen LogP contribution >= 0.6 is 0 Å². The maximum Gasteiger partial charge on any atom is 0.417 e. The van der Waals surface area contributed by atoms with Crippen LogP contribution in [0.2, 0.25) is 0 Å². The van der Waals surface area contributed by atoms with Gasteiger partial charge in [0.15, 0.2) is 0 Å². The number of carbonyl (C=O) groups excluding carboxylic acids is 2. The van der Waals surface area contributed by atoms with Crippen molar-refractivity contribution in [2.45, 2.75) is 32.9 Å². The van der Waals surface area contributed by atoms with Gasteiger partial charge in [0.2, 0.25) is 0 Å².